The van der Waals surface area contributed by atoms with E-state index < -0.39 is 0 Å². The van der Waals surface area contributed by atoms with Crippen LogP contribution in [0.5, 0.6) is 0 Å². The molecule has 1 fully saturated rings. The monoisotopic (exact) mass is 381 g/mol. The summed E-state index contributed by atoms with van der Waals surface area (Å²) >= 11 is 1.75. The van der Waals surface area contributed by atoms with Crippen LogP contribution in [0.3, 0.4) is 0 Å². The first-order valence-corrected chi connectivity index (χ1v) is 8.26. The number of fused-ring (bicyclic) bond motifs is 1. The van der Waals surface area contributed by atoms with Gasteiger partial charge in [-0.15, -0.1) is 36.6 Å². The van der Waals surface area contributed by atoms with Crippen LogP contribution >= 0.6 is 36.6 Å². The number of carbonyl (C=O) groups is 1. The Morgan fingerprint density at radius 3 is 2.79 bits per heavy atom. The van der Waals surface area contributed by atoms with Crippen molar-refractivity contribution in [3.8, 4) is 0 Å². The number of nitrogens with one attached hydrogen (secondary N) is 1. The number of hydrogen-bond acceptors (Lipinski definition) is 4. The lowest BCUT2D eigenvalue weighted by molar-refractivity contribution is 0.0879. The molecule has 3 aromatic rings. The van der Waals surface area contributed by atoms with Gasteiger partial charge < -0.3 is 0 Å². The molecule has 4 nitrogen and oxygen atoms in total. The molecule has 3 heterocycles. The minimum atomic E-state index is -0.175. The van der Waals surface area contributed by atoms with Gasteiger partial charge in [-0.2, -0.15) is 0 Å². The molecule has 1 aliphatic rings. The molecule has 126 valence electrons. The molecule has 0 bridgehead atoms. The largest absolute Gasteiger partial charge is 0.290 e. The molecule has 24 heavy (non-hydrogen) atoms. The Morgan fingerprint density at radius 1 is 1.17 bits per heavy atom. The molecule has 0 spiro atoms. The quantitative estimate of drug-likeness (QED) is 0.730. The second kappa shape index (κ2) is 8.03. The molecule has 2 unspecified atom stereocenters. The highest BCUT2D eigenvalue weighted by Gasteiger charge is 2.31. The number of nitrogens with zero attached hydrogens (tertiary/aromatic N) is 2. The molecule has 2 atom stereocenters. The second-order valence-electron chi connectivity index (χ2n) is 5.30. The fourth-order valence-corrected chi connectivity index (χ4v) is 4.00. The van der Waals surface area contributed by atoms with Crippen LogP contribution in [-0.2, 0) is 0 Å². The van der Waals surface area contributed by atoms with Gasteiger partial charge in [0.2, 0.25) is 5.91 Å². The lowest BCUT2D eigenvalue weighted by Crippen LogP contribution is -2.37. The SMILES string of the molecule is Cl.Cl.O=C(C1CSC(c2cccnc2)N1)n1ccc2ccccc21. The number of rotatable bonds is 2. The van der Waals surface area contributed by atoms with Gasteiger partial charge in [-0.1, -0.05) is 24.3 Å². The van der Waals surface area contributed by atoms with Crippen LogP contribution in [0.4, 0.5) is 0 Å². The normalized spacial score (nSPS) is 19.5. The van der Waals surface area contributed by atoms with Crippen molar-refractivity contribution in [1.82, 2.24) is 14.9 Å². The van der Waals surface area contributed by atoms with Crippen molar-refractivity contribution in [2.45, 2.75) is 11.4 Å². The van der Waals surface area contributed by atoms with Gasteiger partial charge in [-0.25, -0.2) is 0 Å². The molecule has 1 aliphatic heterocycles. The van der Waals surface area contributed by atoms with E-state index in [1.54, 1.807) is 22.5 Å². The first-order chi connectivity index (χ1) is 10.8. The van der Waals surface area contributed by atoms with Gasteiger partial charge in [0.15, 0.2) is 0 Å². The number of thioether (sulfide) groups is 1. The zero-order valence-electron chi connectivity index (χ0n) is 12.7. The summed E-state index contributed by atoms with van der Waals surface area (Å²) in [5, 5.41) is 4.63. The Balaban J connectivity index is 0.00000104. The van der Waals surface area contributed by atoms with Gasteiger partial charge in [0.05, 0.1) is 16.9 Å². The highest BCUT2D eigenvalue weighted by molar-refractivity contribution is 7.99. The van der Waals surface area contributed by atoms with Crippen molar-refractivity contribution < 1.29 is 4.79 Å². The average molecular weight is 382 g/mol. The molecule has 0 amide bonds. The minimum Gasteiger partial charge on any atom is -0.290 e. The number of benzene rings is 1. The molecule has 7 heteroatoms. The van der Waals surface area contributed by atoms with E-state index in [0.29, 0.717) is 0 Å². The maximum absolute atomic E-state index is 12.8. The van der Waals surface area contributed by atoms with E-state index in [2.05, 4.69) is 10.3 Å². The van der Waals surface area contributed by atoms with E-state index in [1.807, 2.05) is 54.9 Å². The third-order valence-corrected chi connectivity index (χ3v) is 5.17. The predicted octanol–water partition coefficient (Wildman–Crippen LogP) is 3.92. The van der Waals surface area contributed by atoms with Crippen LogP contribution < -0.4 is 5.32 Å². The van der Waals surface area contributed by atoms with E-state index in [-0.39, 0.29) is 42.1 Å². The number of hydrogen-bond donors (Lipinski definition) is 1. The first kappa shape index (κ1) is 18.8. The highest BCUT2D eigenvalue weighted by Crippen LogP contribution is 2.33. The lowest BCUT2D eigenvalue weighted by Gasteiger charge is -2.13. The van der Waals surface area contributed by atoms with Gasteiger partial charge in [-0.05, 0) is 23.8 Å². The molecule has 2 aromatic heterocycles. The fourth-order valence-electron chi connectivity index (χ4n) is 2.78. The molecule has 4 rings (SSSR count). The van der Waals surface area contributed by atoms with Crippen LogP contribution in [0.1, 0.15) is 15.7 Å². The summed E-state index contributed by atoms with van der Waals surface area (Å²) < 4.78 is 1.75. The van der Waals surface area contributed by atoms with E-state index in [0.717, 1.165) is 22.2 Å². The number of para-hydroxylation sites is 1. The number of aromatic nitrogens is 2. The van der Waals surface area contributed by atoms with Crippen molar-refractivity contribution in [1.29, 1.82) is 0 Å². The Morgan fingerprint density at radius 2 is 2.00 bits per heavy atom. The van der Waals surface area contributed by atoms with Crippen molar-refractivity contribution >= 4 is 53.4 Å². The first-order valence-electron chi connectivity index (χ1n) is 7.21. The zero-order chi connectivity index (χ0) is 14.9. The number of halogens is 2. The fraction of sp³-hybridized carbons (Fsp3) is 0.176. The van der Waals surface area contributed by atoms with Crippen LogP contribution in [0.15, 0.2) is 61.1 Å². The van der Waals surface area contributed by atoms with Crippen LogP contribution in [0.2, 0.25) is 0 Å². The molecular formula is C17H17Cl2N3OS. The van der Waals surface area contributed by atoms with Crippen LogP contribution in [0.25, 0.3) is 10.9 Å². The van der Waals surface area contributed by atoms with Crippen molar-refractivity contribution in [3.05, 3.63) is 66.6 Å². The predicted molar refractivity (Wildman–Crippen MR) is 103 cm³/mol. The molecule has 1 aromatic carbocycles. The third-order valence-electron chi connectivity index (χ3n) is 3.90. The Hall–Kier alpha value is -1.53. The summed E-state index contributed by atoms with van der Waals surface area (Å²) in [4.78, 5) is 16.9. The summed E-state index contributed by atoms with van der Waals surface area (Å²) in [6.07, 6.45) is 5.47. The van der Waals surface area contributed by atoms with E-state index in [1.165, 1.54) is 0 Å². The van der Waals surface area contributed by atoms with Gasteiger partial charge in [-0.3, -0.25) is 19.7 Å². The van der Waals surface area contributed by atoms with Gasteiger partial charge in [0.1, 0.15) is 0 Å². The molecular weight excluding hydrogens is 365 g/mol. The smallest absolute Gasteiger partial charge is 0.249 e. The molecule has 0 radical (unpaired) electrons. The van der Waals surface area contributed by atoms with Gasteiger partial charge in [0.25, 0.3) is 0 Å². The van der Waals surface area contributed by atoms with Crippen molar-refractivity contribution in [3.63, 3.8) is 0 Å². The standard InChI is InChI=1S/C17H15N3OS.2ClH/c21-17(20-9-7-12-4-1-2-6-15(12)20)14-11-22-16(19-14)13-5-3-8-18-10-13;;/h1-10,14,16,19H,11H2;2*1H. The third kappa shape index (κ3) is 3.44. The minimum absolute atomic E-state index is 0. The molecule has 0 saturated carbocycles. The Kier molecular flexibility index (Phi) is 6.29. The van der Waals surface area contributed by atoms with Crippen LogP contribution in [-0.4, -0.2) is 27.3 Å². The number of carbonyl (C=O) groups excluding carboxylic acids is 1. The zero-order valence-corrected chi connectivity index (χ0v) is 15.1. The van der Waals surface area contributed by atoms with Crippen molar-refractivity contribution in [2.24, 2.45) is 0 Å². The maximum Gasteiger partial charge on any atom is 0.249 e. The number of pyridine rings is 1. The lowest BCUT2D eigenvalue weighted by atomic mass is 10.2. The summed E-state index contributed by atoms with van der Waals surface area (Å²) in [5.41, 5.74) is 2.07. The Labute approximate surface area is 156 Å². The van der Waals surface area contributed by atoms with Gasteiger partial charge in [0, 0.05) is 29.7 Å². The second-order valence-corrected chi connectivity index (χ2v) is 6.44. The molecule has 1 saturated heterocycles. The maximum atomic E-state index is 12.8. The van der Waals surface area contributed by atoms with Crippen LogP contribution in [0, 0.1) is 0 Å². The van der Waals surface area contributed by atoms with Gasteiger partial charge >= 0.3 is 0 Å². The molecule has 1 N–H and O–H groups in total. The molecule has 0 aliphatic carbocycles. The topological polar surface area (TPSA) is 46.9 Å². The summed E-state index contributed by atoms with van der Waals surface area (Å²) in [6.45, 7) is 0. The van der Waals surface area contributed by atoms with E-state index in [9.17, 15) is 4.79 Å². The summed E-state index contributed by atoms with van der Waals surface area (Å²) in [7, 11) is 0. The Bertz CT molecular complexity index is 825. The summed E-state index contributed by atoms with van der Waals surface area (Å²) in [5.74, 6) is 0.866. The average Bonchev–Trinajstić information content (AvgIpc) is 3.22. The van der Waals surface area contributed by atoms with E-state index >= 15 is 0 Å². The highest BCUT2D eigenvalue weighted by atomic mass is 35.5. The van der Waals surface area contributed by atoms with E-state index in [4.69, 9.17) is 0 Å². The summed E-state index contributed by atoms with van der Waals surface area (Å²) in [6, 6.07) is 13.7. The van der Waals surface area contributed by atoms with Crippen molar-refractivity contribution in [2.75, 3.05) is 5.75 Å².